The molecule has 2 heterocycles. The fourth-order valence-corrected chi connectivity index (χ4v) is 6.70. The Hall–Kier alpha value is -4.68. The largest absolute Gasteiger partial charge is 0.423 e. The minimum Gasteiger partial charge on any atom is -0.423 e. The van der Waals surface area contributed by atoms with Crippen LogP contribution in [0.5, 0.6) is 0 Å². The van der Waals surface area contributed by atoms with Gasteiger partial charge in [0, 0.05) is 0 Å². The van der Waals surface area contributed by atoms with Gasteiger partial charge in [-0.25, -0.2) is 26.3 Å². The van der Waals surface area contributed by atoms with Gasteiger partial charge in [-0.15, -0.1) is 0 Å². The number of aromatic nitrogens is 2. The summed E-state index contributed by atoms with van der Waals surface area (Å²) in [5, 5.41) is 0. The van der Waals surface area contributed by atoms with Crippen LogP contribution >= 0.6 is 0 Å². The molecule has 2 N–H and O–H groups in total. The van der Waals surface area contributed by atoms with Crippen molar-refractivity contribution in [3.63, 3.8) is 0 Å². The normalized spacial score (nSPS) is 12.2. The Morgan fingerprint density at radius 3 is 1.38 bits per heavy atom. The molecule has 2 aromatic heterocycles. The van der Waals surface area contributed by atoms with Crippen molar-refractivity contribution in [3.05, 3.63) is 96.1 Å². The third-order valence-corrected chi connectivity index (χ3v) is 9.28. The maximum atomic E-state index is 12.8. The van der Waals surface area contributed by atoms with Gasteiger partial charge >= 0.3 is 12.0 Å². The van der Waals surface area contributed by atoms with Crippen molar-refractivity contribution in [2.45, 2.75) is 23.6 Å². The summed E-state index contributed by atoms with van der Waals surface area (Å²) >= 11 is 0. The summed E-state index contributed by atoms with van der Waals surface area (Å²) in [5.41, 5.74) is 4.40. The molecule has 4 aromatic carbocycles. The van der Waals surface area contributed by atoms with Crippen LogP contribution in [0.4, 0.5) is 12.0 Å². The minimum atomic E-state index is -3.88. The first-order valence-electron chi connectivity index (χ1n) is 12.1. The number of anilines is 2. The molecule has 0 aliphatic rings. The number of benzene rings is 4. The van der Waals surface area contributed by atoms with Crippen molar-refractivity contribution in [2.75, 3.05) is 9.44 Å². The SMILES string of the molecule is Cc1ccccc1S(=O)(=O)Nc1nc2ccc(-c3ccc4nc(NS(=O)(=O)c5ccccc5C)oc4c3)cc2o1. The van der Waals surface area contributed by atoms with Crippen LogP contribution in [-0.4, -0.2) is 26.8 Å². The Morgan fingerprint density at radius 1 is 0.575 bits per heavy atom. The second kappa shape index (κ2) is 9.50. The lowest BCUT2D eigenvalue weighted by molar-refractivity contribution is 0.588. The molecule has 0 atom stereocenters. The Bertz CT molecular complexity index is 1980. The number of hydrogen-bond donors (Lipinski definition) is 2. The molecule has 202 valence electrons. The molecule has 6 aromatic rings. The first-order chi connectivity index (χ1) is 19.1. The molecule has 0 spiro atoms. The molecular weight excluding hydrogens is 552 g/mol. The number of oxazole rings is 2. The summed E-state index contributed by atoms with van der Waals surface area (Å²) in [4.78, 5) is 8.79. The summed E-state index contributed by atoms with van der Waals surface area (Å²) in [6, 6.07) is 23.5. The summed E-state index contributed by atoms with van der Waals surface area (Å²) in [5.74, 6) is 0. The highest BCUT2D eigenvalue weighted by Crippen LogP contribution is 2.31. The van der Waals surface area contributed by atoms with Gasteiger partial charge in [-0.2, -0.15) is 9.97 Å². The smallest absolute Gasteiger partial charge is 0.309 e. The minimum absolute atomic E-state index is 0.138. The van der Waals surface area contributed by atoms with E-state index in [2.05, 4.69) is 19.4 Å². The maximum Gasteiger partial charge on any atom is 0.309 e. The monoisotopic (exact) mass is 574 g/mol. The summed E-state index contributed by atoms with van der Waals surface area (Å²) in [7, 11) is -7.77. The van der Waals surface area contributed by atoms with Crippen molar-refractivity contribution < 1.29 is 25.7 Å². The molecule has 0 amide bonds. The number of hydrogen-bond acceptors (Lipinski definition) is 8. The van der Waals surface area contributed by atoms with E-state index in [4.69, 9.17) is 8.83 Å². The van der Waals surface area contributed by atoms with Gasteiger partial charge in [0.25, 0.3) is 20.0 Å². The highest BCUT2D eigenvalue weighted by molar-refractivity contribution is 7.93. The fraction of sp³-hybridized carbons (Fsp3) is 0.0714. The van der Waals surface area contributed by atoms with Crippen molar-refractivity contribution >= 4 is 54.3 Å². The Kier molecular flexibility index (Phi) is 6.08. The van der Waals surface area contributed by atoms with E-state index in [9.17, 15) is 16.8 Å². The van der Waals surface area contributed by atoms with Gasteiger partial charge in [0.1, 0.15) is 11.0 Å². The van der Waals surface area contributed by atoms with E-state index in [0.717, 1.165) is 11.1 Å². The highest BCUT2D eigenvalue weighted by Gasteiger charge is 2.21. The Morgan fingerprint density at radius 2 is 0.975 bits per heavy atom. The molecule has 0 unspecified atom stereocenters. The average molecular weight is 575 g/mol. The quantitative estimate of drug-likeness (QED) is 0.241. The van der Waals surface area contributed by atoms with Gasteiger partial charge in [-0.05, 0) is 72.5 Å². The van der Waals surface area contributed by atoms with Crippen LogP contribution in [0.1, 0.15) is 11.1 Å². The number of aryl methyl sites for hydroxylation is 2. The molecule has 40 heavy (non-hydrogen) atoms. The third kappa shape index (κ3) is 4.78. The standard InChI is InChI=1S/C28H22N4O6S2/c1-17-7-3-5-9-25(17)39(33,34)31-27-29-21-13-11-19(15-23(21)37-27)20-12-14-22-24(16-20)38-28(30-22)32-40(35,36)26-10-6-4-8-18(26)2/h3-16H,1-2H3,(H,29,31)(H,30,32). The summed E-state index contributed by atoms with van der Waals surface area (Å²) in [6.45, 7) is 3.42. The number of rotatable bonds is 7. The fourth-order valence-electron chi connectivity index (χ4n) is 4.35. The predicted octanol–water partition coefficient (Wildman–Crippen LogP) is 5.85. The van der Waals surface area contributed by atoms with E-state index < -0.39 is 20.0 Å². The molecule has 0 aliphatic carbocycles. The zero-order valence-corrected chi connectivity index (χ0v) is 22.9. The van der Waals surface area contributed by atoms with Crippen LogP contribution in [0.25, 0.3) is 33.3 Å². The zero-order valence-electron chi connectivity index (χ0n) is 21.2. The van der Waals surface area contributed by atoms with Crippen molar-refractivity contribution in [3.8, 4) is 11.1 Å². The topological polar surface area (TPSA) is 144 Å². The molecule has 0 saturated carbocycles. The molecule has 0 bridgehead atoms. The van der Waals surface area contributed by atoms with Crippen LogP contribution in [-0.2, 0) is 20.0 Å². The predicted molar refractivity (Wildman–Crippen MR) is 151 cm³/mol. The van der Waals surface area contributed by atoms with E-state index in [1.54, 1.807) is 74.5 Å². The molecule has 0 fully saturated rings. The van der Waals surface area contributed by atoms with E-state index in [0.29, 0.717) is 33.3 Å². The second-order valence-electron chi connectivity index (χ2n) is 9.15. The molecule has 0 radical (unpaired) electrons. The van der Waals surface area contributed by atoms with Crippen molar-refractivity contribution in [2.24, 2.45) is 0 Å². The highest BCUT2D eigenvalue weighted by atomic mass is 32.2. The lowest BCUT2D eigenvalue weighted by atomic mass is 10.1. The lowest BCUT2D eigenvalue weighted by Crippen LogP contribution is -2.14. The third-order valence-electron chi connectivity index (χ3n) is 6.32. The molecular formula is C28H22N4O6S2. The van der Waals surface area contributed by atoms with Gasteiger partial charge < -0.3 is 8.83 Å². The maximum absolute atomic E-state index is 12.8. The lowest BCUT2D eigenvalue weighted by Gasteiger charge is -2.06. The summed E-state index contributed by atoms with van der Waals surface area (Å²) < 4.78 is 67.5. The summed E-state index contributed by atoms with van der Waals surface area (Å²) in [6.07, 6.45) is 0. The Balaban J connectivity index is 1.27. The van der Waals surface area contributed by atoms with Gasteiger partial charge in [-0.3, -0.25) is 0 Å². The molecule has 0 aliphatic heterocycles. The first-order valence-corrected chi connectivity index (χ1v) is 15.0. The van der Waals surface area contributed by atoms with Crippen LogP contribution < -0.4 is 9.44 Å². The molecule has 0 saturated heterocycles. The first kappa shape index (κ1) is 25.6. The van der Waals surface area contributed by atoms with E-state index >= 15 is 0 Å². The number of sulfonamides is 2. The van der Waals surface area contributed by atoms with Crippen LogP contribution in [0, 0.1) is 13.8 Å². The number of fused-ring (bicyclic) bond motifs is 2. The van der Waals surface area contributed by atoms with E-state index in [1.165, 1.54) is 12.1 Å². The molecule has 10 nitrogen and oxygen atoms in total. The van der Waals surface area contributed by atoms with Crippen LogP contribution in [0.15, 0.2) is 104 Å². The van der Waals surface area contributed by atoms with E-state index in [-0.39, 0.29) is 21.8 Å². The van der Waals surface area contributed by atoms with Crippen LogP contribution in [0.2, 0.25) is 0 Å². The molecule has 12 heteroatoms. The van der Waals surface area contributed by atoms with Crippen molar-refractivity contribution in [1.82, 2.24) is 9.97 Å². The zero-order chi connectivity index (χ0) is 28.1. The molecule has 6 rings (SSSR count). The Labute approximate surface area is 229 Å². The van der Waals surface area contributed by atoms with Gasteiger partial charge in [0.05, 0.1) is 9.79 Å². The van der Waals surface area contributed by atoms with Crippen molar-refractivity contribution in [1.29, 1.82) is 0 Å². The van der Waals surface area contributed by atoms with E-state index in [1.807, 2.05) is 12.1 Å². The van der Waals surface area contributed by atoms with Gasteiger partial charge in [-0.1, -0.05) is 48.5 Å². The number of nitrogens with zero attached hydrogens (tertiary/aromatic N) is 2. The van der Waals surface area contributed by atoms with Gasteiger partial charge in [0.15, 0.2) is 11.2 Å². The average Bonchev–Trinajstić information content (AvgIpc) is 3.49. The van der Waals surface area contributed by atoms with Gasteiger partial charge in [0.2, 0.25) is 0 Å². The second-order valence-corrected chi connectivity index (χ2v) is 12.4. The number of nitrogens with one attached hydrogen (secondary N) is 2. The van der Waals surface area contributed by atoms with Crippen LogP contribution in [0.3, 0.4) is 0 Å².